The van der Waals surface area contributed by atoms with Gasteiger partial charge in [-0.1, -0.05) is 17.3 Å². The highest BCUT2D eigenvalue weighted by Crippen LogP contribution is 2.43. The lowest BCUT2D eigenvalue weighted by molar-refractivity contribution is 0.102. The zero-order chi connectivity index (χ0) is 23.4. The molecule has 2 aliphatic rings. The van der Waals surface area contributed by atoms with Crippen LogP contribution < -0.4 is 10.2 Å². The summed E-state index contributed by atoms with van der Waals surface area (Å²) < 4.78 is 20.3. The second-order valence-corrected chi connectivity index (χ2v) is 9.24. The number of aromatic nitrogens is 4. The van der Waals surface area contributed by atoms with E-state index in [0.29, 0.717) is 41.1 Å². The van der Waals surface area contributed by atoms with Crippen LogP contribution in [0.25, 0.3) is 17.0 Å². The van der Waals surface area contributed by atoms with Crippen LogP contribution >= 0.6 is 0 Å². The van der Waals surface area contributed by atoms with Crippen molar-refractivity contribution in [3.05, 3.63) is 59.9 Å². The van der Waals surface area contributed by atoms with E-state index in [0.717, 1.165) is 23.4 Å². The maximum Gasteiger partial charge on any atom is 0.274 e. The summed E-state index contributed by atoms with van der Waals surface area (Å²) in [6, 6.07) is 10.1. The van der Waals surface area contributed by atoms with Gasteiger partial charge in [0.05, 0.1) is 12.1 Å². The average Bonchev–Trinajstić information content (AvgIpc) is 3.25. The number of rotatable bonds is 5. The summed E-state index contributed by atoms with van der Waals surface area (Å²) >= 11 is 0. The second kappa shape index (κ2) is 7.93. The van der Waals surface area contributed by atoms with E-state index in [1.165, 1.54) is 12.8 Å². The highest BCUT2D eigenvalue weighted by atomic mass is 19.1. The number of alkyl halides is 1. The molecule has 1 N–H and O–H groups in total. The van der Waals surface area contributed by atoms with Crippen LogP contribution in [0.3, 0.4) is 0 Å². The molecule has 3 aromatic heterocycles. The first-order valence-electron chi connectivity index (χ1n) is 11.6. The molecule has 1 saturated heterocycles. The van der Waals surface area contributed by atoms with Gasteiger partial charge in [0.1, 0.15) is 17.5 Å². The third-order valence-corrected chi connectivity index (χ3v) is 6.83. The number of benzene rings is 1. The lowest BCUT2D eigenvalue weighted by Gasteiger charge is -2.23. The Labute approximate surface area is 195 Å². The quantitative estimate of drug-likeness (QED) is 0.462. The number of fused-ring (bicyclic) bond motifs is 1. The minimum absolute atomic E-state index is 0.262. The van der Waals surface area contributed by atoms with Gasteiger partial charge in [-0.05, 0) is 50.8 Å². The van der Waals surface area contributed by atoms with Crippen molar-refractivity contribution in [3.63, 3.8) is 0 Å². The number of amides is 1. The Morgan fingerprint density at radius 2 is 2.12 bits per heavy atom. The van der Waals surface area contributed by atoms with Crippen molar-refractivity contribution in [1.82, 2.24) is 19.5 Å². The lowest BCUT2D eigenvalue weighted by atomic mass is 10.1. The molecule has 174 valence electrons. The first-order chi connectivity index (χ1) is 16.5. The number of anilines is 2. The van der Waals surface area contributed by atoms with Crippen LogP contribution in [-0.4, -0.2) is 44.2 Å². The molecule has 0 radical (unpaired) electrons. The van der Waals surface area contributed by atoms with E-state index in [4.69, 9.17) is 4.52 Å². The summed E-state index contributed by atoms with van der Waals surface area (Å²) in [6.07, 6.45) is 5.39. The fourth-order valence-electron chi connectivity index (χ4n) is 4.64. The van der Waals surface area contributed by atoms with Gasteiger partial charge >= 0.3 is 0 Å². The van der Waals surface area contributed by atoms with Crippen LogP contribution in [0.2, 0.25) is 0 Å². The van der Waals surface area contributed by atoms with E-state index in [2.05, 4.69) is 32.3 Å². The van der Waals surface area contributed by atoms with E-state index in [9.17, 15) is 9.18 Å². The van der Waals surface area contributed by atoms with Gasteiger partial charge in [0.2, 0.25) is 11.7 Å². The Kier molecular flexibility index (Phi) is 4.86. The third kappa shape index (κ3) is 3.61. The van der Waals surface area contributed by atoms with Gasteiger partial charge in [0.25, 0.3) is 5.91 Å². The van der Waals surface area contributed by atoms with Gasteiger partial charge in [-0.25, -0.2) is 9.37 Å². The Bertz CT molecular complexity index is 1400. The maximum atomic E-state index is 13.3. The van der Waals surface area contributed by atoms with E-state index >= 15 is 0 Å². The standard InChI is InChI=1S/C25H25FN6O2/c1-14-5-6-16(23-29-25(34-30-23)18-12-19(18)26)10-20(14)28-24(33)21-13-27-22-11-17(7-9-32(21)22)31-8-3-4-15(31)2/h5-7,9-11,13,15,18-19H,3-4,8,12H2,1-2H3,(H,28,33)/t15-,18-,19-/m0/s1. The van der Waals surface area contributed by atoms with Gasteiger partial charge < -0.3 is 14.7 Å². The number of carbonyl (C=O) groups is 1. The highest BCUT2D eigenvalue weighted by molar-refractivity contribution is 6.04. The van der Waals surface area contributed by atoms with E-state index in [1.807, 2.05) is 37.4 Å². The van der Waals surface area contributed by atoms with Crippen molar-refractivity contribution >= 4 is 22.9 Å². The molecule has 1 aromatic carbocycles. The number of carbonyl (C=O) groups excluding carboxylic acids is 1. The van der Waals surface area contributed by atoms with Crippen LogP contribution in [0.4, 0.5) is 15.8 Å². The largest absolute Gasteiger partial charge is 0.369 e. The SMILES string of the molecule is Cc1ccc(-c2noc([C@H]3C[C@@H]3F)n2)cc1NC(=O)c1cnc2cc(N3CCC[C@@H]3C)ccn12. The molecule has 3 atom stereocenters. The van der Waals surface area contributed by atoms with Gasteiger partial charge in [-0.3, -0.25) is 9.20 Å². The molecule has 0 bridgehead atoms. The van der Waals surface area contributed by atoms with Crippen molar-refractivity contribution in [2.24, 2.45) is 0 Å². The van der Waals surface area contributed by atoms with Crippen LogP contribution in [0.15, 0.2) is 47.2 Å². The lowest BCUT2D eigenvalue weighted by Crippen LogP contribution is -2.26. The number of hydrogen-bond acceptors (Lipinski definition) is 6. The summed E-state index contributed by atoms with van der Waals surface area (Å²) in [4.78, 5) is 24.3. The monoisotopic (exact) mass is 460 g/mol. The second-order valence-electron chi connectivity index (χ2n) is 9.24. The Morgan fingerprint density at radius 1 is 1.26 bits per heavy atom. The molecule has 2 fully saturated rings. The smallest absolute Gasteiger partial charge is 0.274 e. The van der Waals surface area contributed by atoms with E-state index in [-0.39, 0.29) is 11.8 Å². The van der Waals surface area contributed by atoms with Gasteiger partial charge in [-0.15, -0.1) is 0 Å². The van der Waals surface area contributed by atoms with Crippen LogP contribution in [0, 0.1) is 6.92 Å². The Hall–Kier alpha value is -3.75. The predicted molar refractivity (Wildman–Crippen MR) is 126 cm³/mol. The van der Waals surface area contributed by atoms with E-state index < -0.39 is 6.17 Å². The zero-order valence-electron chi connectivity index (χ0n) is 19.0. The maximum absolute atomic E-state index is 13.3. The van der Waals surface area contributed by atoms with Crippen LogP contribution in [0.1, 0.15) is 54.0 Å². The van der Waals surface area contributed by atoms with Gasteiger partial charge in [0.15, 0.2) is 0 Å². The molecular weight excluding hydrogens is 435 g/mol. The molecule has 1 aliphatic heterocycles. The fourth-order valence-corrected chi connectivity index (χ4v) is 4.64. The number of pyridine rings is 1. The van der Waals surface area contributed by atoms with Crippen molar-refractivity contribution in [2.45, 2.75) is 51.2 Å². The normalized spacial score (nSPS) is 21.9. The minimum Gasteiger partial charge on any atom is -0.369 e. The molecule has 1 saturated carbocycles. The molecular formula is C25H25FN6O2. The van der Waals surface area contributed by atoms with Gasteiger partial charge in [0, 0.05) is 41.8 Å². The Morgan fingerprint density at radius 3 is 2.88 bits per heavy atom. The van der Waals surface area contributed by atoms with Crippen molar-refractivity contribution in [2.75, 3.05) is 16.8 Å². The third-order valence-electron chi connectivity index (χ3n) is 6.83. The summed E-state index contributed by atoms with van der Waals surface area (Å²) in [6.45, 7) is 5.19. The number of imidazole rings is 1. The zero-order valence-corrected chi connectivity index (χ0v) is 19.0. The summed E-state index contributed by atoms with van der Waals surface area (Å²) in [7, 11) is 0. The molecule has 1 aliphatic carbocycles. The van der Waals surface area contributed by atoms with Crippen molar-refractivity contribution in [3.8, 4) is 11.4 Å². The average molecular weight is 461 g/mol. The summed E-state index contributed by atoms with van der Waals surface area (Å²) in [5, 5.41) is 6.97. The number of nitrogens with one attached hydrogen (secondary N) is 1. The van der Waals surface area contributed by atoms with Crippen molar-refractivity contribution in [1.29, 1.82) is 0 Å². The molecule has 4 aromatic rings. The molecule has 6 rings (SSSR count). The summed E-state index contributed by atoms with van der Waals surface area (Å²) in [5.74, 6) is 0.141. The van der Waals surface area contributed by atoms with Gasteiger partial charge in [-0.2, -0.15) is 4.98 Å². The summed E-state index contributed by atoms with van der Waals surface area (Å²) in [5.41, 5.74) is 4.54. The molecule has 34 heavy (non-hydrogen) atoms. The minimum atomic E-state index is -0.901. The highest BCUT2D eigenvalue weighted by Gasteiger charge is 2.43. The molecule has 1 amide bonds. The number of halogens is 1. The Balaban J connectivity index is 1.24. The first kappa shape index (κ1) is 20.8. The topological polar surface area (TPSA) is 88.6 Å². The predicted octanol–water partition coefficient (Wildman–Crippen LogP) is 4.76. The fraction of sp³-hybridized carbons (Fsp3) is 0.360. The van der Waals surface area contributed by atoms with E-state index in [1.54, 1.807) is 16.7 Å². The van der Waals surface area contributed by atoms with Crippen molar-refractivity contribution < 1.29 is 13.7 Å². The molecule has 9 heteroatoms. The molecule has 4 heterocycles. The van der Waals surface area contributed by atoms with Crippen LogP contribution in [-0.2, 0) is 0 Å². The number of nitrogens with zero attached hydrogens (tertiary/aromatic N) is 5. The number of hydrogen-bond donors (Lipinski definition) is 1. The first-order valence-corrected chi connectivity index (χ1v) is 11.6. The number of aryl methyl sites for hydroxylation is 1. The van der Waals surface area contributed by atoms with Crippen LogP contribution in [0.5, 0.6) is 0 Å². The molecule has 8 nitrogen and oxygen atoms in total. The molecule has 0 spiro atoms. The molecule has 0 unspecified atom stereocenters.